The van der Waals surface area contributed by atoms with Gasteiger partial charge in [0.15, 0.2) is 6.29 Å². The number of ether oxygens (including phenoxy) is 2. The highest BCUT2D eigenvalue weighted by molar-refractivity contribution is 5.85. The number of hydrogen-bond donors (Lipinski definition) is 5. The zero-order chi connectivity index (χ0) is 27.9. The number of pyridine rings is 1. The van der Waals surface area contributed by atoms with Crippen LogP contribution in [0.25, 0.3) is 10.9 Å². The first-order chi connectivity index (χ1) is 19.3. The Balaban J connectivity index is 1.33. The van der Waals surface area contributed by atoms with Crippen LogP contribution >= 0.6 is 0 Å². The molecule has 0 radical (unpaired) electrons. The van der Waals surface area contributed by atoms with E-state index in [9.17, 15) is 20.4 Å². The van der Waals surface area contributed by atoms with Crippen molar-refractivity contribution in [3.05, 3.63) is 76.3 Å². The molecule has 9 nitrogen and oxygen atoms in total. The predicted molar refractivity (Wildman–Crippen MR) is 147 cm³/mol. The topological polar surface area (TPSA) is 131 Å². The fraction of sp³-hybridized carbons (Fsp3) is 0.516. The number of rotatable bonds is 4. The number of hydrogen-bond acceptors (Lipinski definition) is 8. The van der Waals surface area contributed by atoms with Gasteiger partial charge in [0.2, 0.25) is 0 Å². The number of H-pyrrole nitrogens is 1. The maximum absolute atomic E-state index is 10.8. The van der Waals surface area contributed by atoms with Gasteiger partial charge in [-0.2, -0.15) is 0 Å². The summed E-state index contributed by atoms with van der Waals surface area (Å²) in [7, 11) is 0. The fourth-order valence-electron chi connectivity index (χ4n) is 7.92. The number of para-hydroxylation sites is 1. The zero-order valence-corrected chi connectivity index (χ0v) is 22.9. The molecule has 0 amide bonds. The van der Waals surface area contributed by atoms with Crippen LogP contribution in [-0.4, -0.2) is 84.9 Å². The quantitative estimate of drug-likeness (QED) is 0.315. The molecule has 212 valence electrons. The molecule has 4 bridgehead atoms. The fourth-order valence-corrected chi connectivity index (χ4v) is 7.92. The molecule has 4 saturated heterocycles. The molecule has 11 atom stereocenters. The van der Waals surface area contributed by atoms with Gasteiger partial charge >= 0.3 is 0 Å². The number of aliphatic hydroxyl groups is 4. The summed E-state index contributed by atoms with van der Waals surface area (Å²) >= 11 is 0. The maximum atomic E-state index is 10.8. The summed E-state index contributed by atoms with van der Waals surface area (Å²) in [6, 6.07) is 12.9. The number of nitrogens with one attached hydrogen (secondary N) is 1. The molecular formula is C31H37N3O6. The van der Waals surface area contributed by atoms with Crippen LogP contribution in [0.5, 0.6) is 0 Å². The number of piperidine rings is 3. The number of aryl methyl sites for hydroxylation is 2. The second-order valence-corrected chi connectivity index (χ2v) is 11.9. The van der Waals surface area contributed by atoms with Gasteiger partial charge in [0.05, 0.1) is 12.6 Å². The summed E-state index contributed by atoms with van der Waals surface area (Å²) in [5.74, 6) is 0.297. The summed E-state index contributed by atoms with van der Waals surface area (Å²) in [5.41, 5.74) is 8.03. The molecule has 5 aliphatic rings. The van der Waals surface area contributed by atoms with Crippen LogP contribution in [-0.2, 0) is 15.9 Å². The first-order valence-corrected chi connectivity index (χ1v) is 14.2. The molecule has 3 aromatic rings. The number of fused-ring (bicyclic) bond motifs is 4. The normalized spacial score (nSPS) is 39.6. The second-order valence-electron chi connectivity index (χ2n) is 11.9. The van der Waals surface area contributed by atoms with Crippen LogP contribution in [0.2, 0.25) is 0 Å². The minimum absolute atomic E-state index is 0.0619. The number of allylic oxidation sites excluding steroid dienone is 1. The standard InChI is InChI=1S/C31H37N3O6/c1-4-16-18-11-23-26-19(17-7-5-6-8-20(17)33-26)12-22(25(18)21-10-14(2)9-15(3)32-21)34(23)30(16)40-31-29(38)28(37)27(36)24(13-35)39-31/h4-10,18,22-25,27-31,33,35-38H,11-13H2,1-3H3. The van der Waals surface area contributed by atoms with E-state index in [1.54, 1.807) is 0 Å². The van der Waals surface area contributed by atoms with Crippen molar-refractivity contribution in [1.29, 1.82) is 0 Å². The highest BCUT2D eigenvalue weighted by Gasteiger charge is 2.59. The lowest BCUT2D eigenvalue weighted by molar-refractivity contribution is -0.329. The molecule has 40 heavy (non-hydrogen) atoms. The summed E-state index contributed by atoms with van der Waals surface area (Å²) < 4.78 is 12.4. The second kappa shape index (κ2) is 9.73. The lowest BCUT2D eigenvalue weighted by atomic mass is 9.62. The van der Waals surface area contributed by atoms with Crippen molar-refractivity contribution in [3.63, 3.8) is 0 Å². The molecule has 8 rings (SSSR count). The van der Waals surface area contributed by atoms with Crippen molar-refractivity contribution in [3.8, 4) is 0 Å². The Kier molecular flexibility index (Phi) is 6.40. The molecule has 0 spiro atoms. The average Bonchev–Trinajstić information content (AvgIpc) is 3.31. The van der Waals surface area contributed by atoms with E-state index in [2.05, 4.69) is 53.2 Å². The van der Waals surface area contributed by atoms with Gasteiger partial charge in [-0.15, -0.1) is 0 Å². The summed E-state index contributed by atoms with van der Waals surface area (Å²) in [6.45, 7) is 5.67. The molecule has 5 N–H and O–H groups in total. The van der Waals surface area contributed by atoms with Gasteiger partial charge in [0, 0.05) is 39.9 Å². The van der Waals surface area contributed by atoms with Crippen LogP contribution in [0.1, 0.15) is 53.5 Å². The van der Waals surface area contributed by atoms with E-state index in [0.29, 0.717) is 0 Å². The Morgan fingerprint density at radius 2 is 1.93 bits per heavy atom. The van der Waals surface area contributed by atoms with Gasteiger partial charge in [-0.25, -0.2) is 0 Å². The number of aromatic nitrogens is 2. The van der Waals surface area contributed by atoms with E-state index < -0.39 is 43.5 Å². The molecule has 0 saturated carbocycles. The molecule has 0 aliphatic carbocycles. The van der Waals surface area contributed by atoms with Crippen molar-refractivity contribution < 1.29 is 29.9 Å². The van der Waals surface area contributed by atoms with E-state index >= 15 is 0 Å². The molecule has 9 heteroatoms. The molecule has 2 aromatic heterocycles. The Hall–Kier alpha value is -2.63. The summed E-state index contributed by atoms with van der Waals surface area (Å²) in [4.78, 5) is 11.1. The third-order valence-corrected chi connectivity index (χ3v) is 9.55. The molecule has 1 aromatic carbocycles. The van der Waals surface area contributed by atoms with E-state index in [1.807, 2.05) is 19.9 Å². The Bertz CT molecular complexity index is 1450. The third-order valence-electron chi connectivity index (χ3n) is 9.55. The number of benzene rings is 1. The van der Waals surface area contributed by atoms with Crippen LogP contribution in [0.3, 0.4) is 0 Å². The molecular weight excluding hydrogens is 510 g/mol. The lowest BCUT2D eigenvalue weighted by Crippen LogP contribution is -2.66. The smallest absolute Gasteiger partial charge is 0.188 e. The molecule has 4 fully saturated rings. The highest BCUT2D eigenvalue weighted by atomic mass is 16.7. The van der Waals surface area contributed by atoms with Gasteiger partial charge in [-0.1, -0.05) is 24.3 Å². The Morgan fingerprint density at radius 3 is 2.67 bits per heavy atom. The maximum Gasteiger partial charge on any atom is 0.188 e. The largest absolute Gasteiger partial charge is 0.394 e. The molecule has 11 unspecified atom stereocenters. The van der Waals surface area contributed by atoms with Gasteiger partial charge in [-0.05, 0) is 74.4 Å². The van der Waals surface area contributed by atoms with Gasteiger partial charge in [0.25, 0.3) is 0 Å². The highest BCUT2D eigenvalue weighted by Crippen LogP contribution is 2.59. The Labute approximate surface area is 233 Å². The monoisotopic (exact) mass is 547 g/mol. The minimum atomic E-state index is -1.49. The van der Waals surface area contributed by atoms with E-state index in [0.717, 1.165) is 35.3 Å². The van der Waals surface area contributed by atoms with Crippen molar-refractivity contribution in [2.24, 2.45) is 5.92 Å². The van der Waals surface area contributed by atoms with Crippen LogP contribution < -0.4 is 0 Å². The Morgan fingerprint density at radius 1 is 1.12 bits per heavy atom. The van der Waals surface area contributed by atoms with Crippen molar-refractivity contribution in [2.45, 2.75) is 88.5 Å². The summed E-state index contributed by atoms with van der Waals surface area (Å²) in [6.07, 6.45) is -3.33. The average molecular weight is 548 g/mol. The van der Waals surface area contributed by atoms with Gasteiger partial charge in [0.1, 0.15) is 30.6 Å². The minimum Gasteiger partial charge on any atom is -0.394 e. The van der Waals surface area contributed by atoms with Crippen LogP contribution in [0, 0.1) is 19.8 Å². The van der Waals surface area contributed by atoms with E-state index in [1.165, 1.54) is 22.2 Å². The zero-order valence-electron chi connectivity index (χ0n) is 22.9. The predicted octanol–water partition coefficient (Wildman–Crippen LogP) is 2.35. The van der Waals surface area contributed by atoms with Crippen LogP contribution in [0.15, 0.2) is 48.0 Å². The van der Waals surface area contributed by atoms with Crippen molar-refractivity contribution in [1.82, 2.24) is 14.9 Å². The first kappa shape index (κ1) is 26.3. The SMILES string of the molecule is CC=C1C2CC3c4[nH]c5ccccc5c4CC(C2c2cc(C)cc(C)n2)N3C1OC1OC(CO)C(O)C(O)C1O. The molecule has 5 aliphatic heterocycles. The number of aromatic amines is 1. The molecule has 7 heterocycles. The third kappa shape index (κ3) is 3.84. The lowest BCUT2D eigenvalue weighted by Gasteiger charge is -2.62. The first-order valence-electron chi connectivity index (χ1n) is 14.2. The van der Waals surface area contributed by atoms with Gasteiger partial charge in [-0.3, -0.25) is 9.88 Å². The van der Waals surface area contributed by atoms with Crippen molar-refractivity contribution in [2.75, 3.05) is 6.61 Å². The number of nitrogens with zero attached hydrogens (tertiary/aromatic N) is 2. The van der Waals surface area contributed by atoms with Crippen molar-refractivity contribution >= 4 is 10.9 Å². The van der Waals surface area contributed by atoms with Gasteiger partial charge < -0.3 is 34.9 Å². The number of aliphatic hydroxyl groups excluding tert-OH is 4. The summed E-state index contributed by atoms with van der Waals surface area (Å²) in [5, 5.41) is 42.6. The van der Waals surface area contributed by atoms with E-state index in [-0.39, 0.29) is 23.9 Å². The van der Waals surface area contributed by atoms with Crippen LogP contribution in [0.4, 0.5) is 0 Å². The van der Waals surface area contributed by atoms with E-state index in [4.69, 9.17) is 14.5 Å².